The highest BCUT2D eigenvalue weighted by molar-refractivity contribution is 5.32. The maximum absolute atomic E-state index is 4.72. The molecule has 108 valence electrons. The summed E-state index contributed by atoms with van der Waals surface area (Å²) >= 11 is 0. The molecular weight excluding hydrogens is 250 g/mol. The molecule has 0 saturated carbocycles. The molecule has 2 aromatic rings. The van der Waals surface area contributed by atoms with E-state index in [1.807, 2.05) is 4.68 Å². The molecule has 0 aliphatic carbocycles. The van der Waals surface area contributed by atoms with Crippen molar-refractivity contribution < 1.29 is 0 Å². The summed E-state index contributed by atoms with van der Waals surface area (Å²) in [6.45, 7) is 8.39. The molecule has 0 unspecified atom stereocenters. The van der Waals surface area contributed by atoms with Crippen LogP contribution in [0.1, 0.15) is 44.1 Å². The Morgan fingerprint density at radius 3 is 2.60 bits per heavy atom. The third kappa shape index (κ3) is 3.04. The number of nitrogens with zero attached hydrogens (tertiary/aromatic N) is 4. The fraction of sp³-hybridized carbons (Fsp3) is 0.533. The van der Waals surface area contributed by atoms with Gasteiger partial charge in [-0.2, -0.15) is 5.10 Å². The molecular formula is C15H23N5. The van der Waals surface area contributed by atoms with Crippen LogP contribution in [0.25, 0.3) is 5.82 Å². The largest absolute Gasteiger partial charge is 0.313 e. The van der Waals surface area contributed by atoms with E-state index in [-0.39, 0.29) is 0 Å². The standard InChI is InChI=1S/C15H23N5/c1-4-7-16-10-12-13(5-2)19-20(14(12)6-3)15-11-17-8-9-18-15/h8-9,11,16H,4-7,10H2,1-3H3. The molecule has 0 amide bonds. The van der Waals surface area contributed by atoms with Gasteiger partial charge in [-0.1, -0.05) is 20.8 Å². The van der Waals surface area contributed by atoms with Crippen molar-refractivity contribution >= 4 is 0 Å². The van der Waals surface area contributed by atoms with E-state index in [1.54, 1.807) is 18.6 Å². The molecule has 0 spiro atoms. The molecule has 5 heteroatoms. The normalized spacial score (nSPS) is 10.9. The summed E-state index contributed by atoms with van der Waals surface area (Å²) in [7, 11) is 0. The lowest BCUT2D eigenvalue weighted by Gasteiger charge is -2.07. The summed E-state index contributed by atoms with van der Waals surface area (Å²) in [5.41, 5.74) is 3.69. The lowest BCUT2D eigenvalue weighted by Crippen LogP contribution is -2.16. The van der Waals surface area contributed by atoms with Crippen LogP contribution in [0, 0.1) is 0 Å². The third-order valence-electron chi connectivity index (χ3n) is 3.34. The Balaban J connectivity index is 2.38. The van der Waals surface area contributed by atoms with Crippen molar-refractivity contribution in [3.63, 3.8) is 0 Å². The van der Waals surface area contributed by atoms with Gasteiger partial charge in [0.05, 0.1) is 17.6 Å². The first-order valence-electron chi connectivity index (χ1n) is 7.38. The van der Waals surface area contributed by atoms with Gasteiger partial charge in [-0.3, -0.25) is 4.98 Å². The van der Waals surface area contributed by atoms with E-state index < -0.39 is 0 Å². The molecule has 2 aromatic heterocycles. The summed E-state index contributed by atoms with van der Waals surface area (Å²) in [5.74, 6) is 0.792. The molecule has 20 heavy (non-hydrogen) atoms. The van der Waals surface area contributed by atoms with Crippen molar-refractivity contribution in [2.75, 3.05) is 6.54 Å². The van der Waals surface area contributed by atoms with Gasteiger partial charge in [0.1, 0.15) is 0 Å². The molecule has 0 aliphatic heterocycles. The Kier molecular flexibility index (Phi) is 5.24. The van der Waals surface area contributed by atoms with Crippen molar-refractivity contribution in [2.24, 2.45) is 0 Å². The molecule has 5 nitrogen and oxygen atoms in total. The predicted octanol–water partition coefficient (Wildman–Crippen LogP) is 2.29. The highest BCUT2D eigenvalue weighted by Crippen LogP contribution is 2.19. The van der Waals surface area contributed by atoms with E-state index in [4.69, 9.17) is 5.10 Å². The third-order valence-corrected chi connectivity index (χ3v) is 3.34. The Bertz CT molecular complexity index is 533. The van der Waals surface area contributed by atoms with E-state index >= 15 is 0 Å². The van der Waals surface area contributed by atoms with Gasteiger partial charge in [0, 0.05) is 24.5 Å². The number of aromatic nitrogens is 4. The number of hydrogen-bond acceptors (Lipinski definition) is 4. The number of hydrogen-bond donors (Lipinski definition) is 1. The first-order valence-corrected chi connectivity index (χ1v) is 7.38. The quantitative estimate of drug-likeness (QED) is 0.786. The highest BCUT2D eigenvalue weighted by Gasteiger charge is 2.16. The lowest BCUT2D eigenvalue weighted by atomic mass is 10.1. The van der Waals surface area contributed by atoms with Crippen molar-refractivity contribution in [1.82, 2.24) is 25.1 Å². The van der Waals surface area contributed by atoms with Crippen LogP contribution in [0.2, 0.25) is 0 Å². The van der Waals surface area contributed by atoms with Crippen LogP contribution >= 0.6 is 0 Å². The van der Waals surface area contributed by atoms with Crippen LogP contribution in [0.15, 0.2) is 18.6 Å². The van der Waals surface area contributed by atoms with Crippen molar-refractivity contribution in [3.05, 3.63) is 35.5 Å². The fourth-order valence-corrected chi connectivity index (χ4v) is 2.37. The Labute approximate surface area is 120 Å². The summed E-state index contributed by atoms with van der Waals surface area (Å²) in [6.07, 6.45) is 8.16. The molecule has 0 atom stereocenters. The van der Waals surface area contributed by atoms with Gasteiger partial charge in [0.15, 0.2) is 5.82 Å². The van der Waals surface area contributed by atoms with E-state index in [9.17, 15) is 0 Å². The van der Waals surface area contributed by atoms with Crippen molar-refractivity contribution in [2.45, 2.75) is 46.6 Å². The molecule has 0 radical (unpaired) electrons. The second-order valence-electron chi connectivity index (χ2n) is 4.73. The van der Waals surface area contributed by atoms with Crippen LogP contribution in [-0.4, -0.2) is 26.3 Å². The molecule has 0 aromatic carbocycles. The van der Waals surface area contributed by atoms with Crippen molar-refractivity contribution in [1.29, 1.82) is 0 Å². The molecule has 0 saturated heterocycles. The average Bonchev–Trinajstić information content (AvgIpc) is 2.86. The summed E-state index contributed by atoms with van der Waals surface area (Å²) < 4.78 is 1.94. The van der Waals surface area contributed by atoms with Crippen LogP contribution in [0.3, 0.4) is 0 Å². The van der Waals surface area contributed by atoms with Crippen LogP contribution in [0.4, 0.5) is 0 Å². The van der Waals surface area contributed by atoms with E-state index in [1.165, 1.54) is 11.3 Å². The van der Waals surface area contributed by atoms with Crippen LogP contribution in [0.5, 0.6) is 0 Å². The smallest absolute Gasteiger partial charge is 0.172 e. The van der Waals surface area contributed by atoms with Gasteiger partial charge in [0.2, 0.25) is 0 Å². The van der Waals surface area contributed by atoms with Crippen LogP contribution < -0.4 is 5.32 Å². The summed E-state index contributed by atoms with van der Waals surface area (Å²) in [5, 5.41) is 8.20. The molecule has 1 N–H and O–H groups in total. The summed E-state index contributed by atoms with van der Waals surface area (Å²) in [6, 6.07) is 0. The Morgan fingerprint density at radius 2 is 2.00 bits per heavy atom. The molecule has 0 bridgehead atoms. The van der Waals surface area contributed by atoms with E-state index in [2.05, 4.69) is 36.1 Å². The number of nitrogens with one attached hydrogen (secondary N) is 1. The predicted molar refractivity (Wildman–Crippen MR) is 79.9 cm³/mol. The Morgan fingerprint density at radius 1 is 1.15 bits per heavy atom. The van der Waals surface area contributed by atoms with Crippen LogP contribution in [-0.2, 0) is 19.4 Å². The zero-order chi connectivity index (χ0) is 14.4. The van der Waals surface area contributed by atoms with Gasteiger partial charge in [0.25, 0.3) is 0 Å². The SMILES string of the molecule is CCCNCc1c(CC)nn(-c2cnccn2)c1CC. The molecule has 2 heterocycles. The van der Waals surface area contributed by atoms with Gasteiger partial charge >= 0.3 is 0 Å². The first kappa shape index (κ1) is 14.7. The molecule has 0 aliphatic rings. The van der Waals surface area contributed by atoms with E-state index in [0.29, 0.717) is 0 Å². The van der Waals surface area contributed by atoms with E-state index in [0.717, 1.165) is 43.9 Å². The second-order valence-corrected chi connectivity index (χ2v) is 4.73. The maximum atomic E-state index is 4.72. The average molecular weight is 273 g/mol. The zero-order valence-electron chi connectivity index (χ0n) is 12.6. The topological polar surface area (TPSA) is 55.6 Å². The minimum absolute atomic E-state index is 0.792. The summed E-state index contributed by atoms with van der Waals surface area (Å²) in [4.78, 5) is 8.50. The van der Waals surface area contributed by atoms with Gasteiger partial charge in [-0.15, -0.1) is 0 Å². The fourth-order valence-electron chi connectivity index (χ4n) is 2.37. The van der Waals surface area contributed by atoms with Gasteiger partial charge < -0.3 is 5.32 Å². The molecule has 0 fully saturated rings. The van der Waals surface area contributed by atoms with Gasteiger partial charge in [-0.25, -0.2) is 9.67 Å². The second kappa shape index (κ2) is 7.14. The highest BCUT2D eigenvalue weighted by atomic mass is 15.3. The minimum atomic E-state index is 0.792. The van der Waals surface area contributed by atoms with Gasteiger partial charge in [-0.05, 0) is 25.8 Å². The first-order chi connectivity index (χ1) is 9.81. The number of aryl methyl sites for hydroxylation is 1. The maximum Gasteiger partial charge on any atom is 0.172 e. The molecule has 2 rings (SSSR count). The minimum Gasteiger partial charge on any atom is -0.313 e. The monoisotopic (exact) mass is 273 g/mol. The lowest BCUT2D eigenvalue weighted by molar-refractivity contribution is 0.666. The van der Waals surface area contributed by atoms with Crippen molar-refractivity contribution in [3.8, 4) is 5.82 Å². The zero-order valence-corrected chi connectivity index (χ0v) is 12.6. The Hall–Kier alpha value is -1.75. The number of rotatable bonds is 7.